The fourth-order valence-corrected chi connectivity index (χ4v) is 2.26. The van der Waals surface area contributed by atoms with Crippen molar-refractivity contribution in [3.05, 3.63) is 20.8 Å². The molecule has 0 unspecified atom stereocenters. The van der Waals surface area contributed by atoms with Gasteiger partial charge >= 0.3 is 5.69 Å². The Hall–Kier alpha value is -1.76. The predicted octanol–water partition coefficient (Wildman–Crippen LogP) is 1.37. The van der Waals surface area contributed by atoms with Crippen LogP contribution in [0.5, 0.6) is 0 Å². The molecule has 124 valence electrons. The van der Waals surface area contributed by atoms with E-state index in [9.17, 15) is 14.4 Å². The Morgan fingerprint density at radius 3 is 2.32 bits per heavy atom. The standard InChI is InChI=1S/C14H23ClN4O3/c1-3-8-18-12(16)11(17-10(20)6-5-7-15)13(21)19(9-4-2)14(18)22/h3-9,16H2,1-2H3,(H,17,20). The molecular weight excluding hydrogens is 308 g/mol. The monoisotopic (exact) mass is 330 g/mol. The number of hydrogen-bond donors (Lipinski definition) is 2. The Labute approximate surface area is 134 Å². The molecule has 1 aromatic heterocycles. The second-order valence-corrected chi connectivity index (χ2v) is 5.37. The number of alkyl halides is 1. The highest BCUT2D eigenvalue weighted by Gasteiger charge is 2.18. The van der Waals surface area contributed by atoms with Gasteiger partial charge in [-0.05, 0) is 19.3 Å². The molecule has 0 aliphatic rings. The van der Waals surface area contributed by atoms with Crippen molar-refractivity contribution >= 4 is 29.0 Å². The minimum atomic E-state index is -0.559. The summed E-state index contributed by atoms with van der Waals surface area (Å²) in [4.78, 5) is 36.5. The molecule has 0 spiro atoms. The zero-order valence-electron chi connectivity index (χ0n) is 13.0. The van der Waals surface area contributed by atoms with Crippen LogP contribution in [0.1, 0.15) is 39.5 Å². The summed E-state index contributed by atoms with van der Waals surface area (Å²) < 4.78 is 2.44. The molecule has 0 atom stereocenters. The van der Waals surface area contributed by atoms with Crippen molar-refractivity contribution in [3.8, 4) is 0 Å². The van der Waals surface area contributed by atoms with Crippen molar-refractivity contribution in [1.82, 2.24) is 9.13 Å². The number of nitrogens with two attached hydrogens (primary N) is 1. The molecule has 1 amide bonds. The molecule has 0 aromatic carbocycles. The maximum atomic E-state index is 12.4. The van der Waals surface area contributed by atoms with Gasteiger partial charge in [0.25, 0.3) is 5.56 Å². The van der Waals surface area contributed by atoms with Gasteiger partial charge in [-0.2, -0.15) is 0 Å². The Bertz CT molecular complexity index is 636. The van der Waals surface area contributed by atoms with E-state index < -0.39 is 11.2 Å². The van der Waals surface area contributed by atoms with Gasteiger partial charge < -0.3 is 11.1 Å². The summed E-state index contributed by atoms with van der Waals surface area (Å²) in [5.41, 5.74) is 4.90. The van der Waals surface area contributed by atoms with E-state index in [4.69, 9.17) is 17.3 Å². The van der Waals surface area contributed by atoms with Gasteiger partial charge in [0.15, 0.2) is 0 Å². The van der Waals surface area contributed by atoms with Crippen LogP contribution in [0, 0.1) is 0 Å². The number of rotatable bonds is 8. The molecule has 1 rings (SSSR count). The molecule has 3 N–H and O–H groups in total. The molecule has 8 heteroatoms. The lowest BCUT2D eigenvalue weighted by Gasteiger charge is -2.16. The lowest BCUT2D eigenvalue weighted by molar-refractivity contribution is -0.116. The predicted molar refractivity (Wildman–Crippen MR) is 88.5 cm³/mol. The zero-order valence-corrected chi connectivity index (χ0v) is 13.8. The fraction of sp³-hybridized carbons (Fsp3) is 0.643. The van der Waals surface area contributed by atoms with Gasteiger partial charge in [0.2, 0.25) is 5.91 Å². The van der Waals surface area contributed by atoms with E-state index in [0.29, 0.717) is 31.7 Å². The second kappa shape index (κ2) is 8.63. The molecule has 22 heavy (non-hydrogen) atoms. The fourth-order valence-electron chi connectivity index (χ4n) is 2.12. The molecule has 0 saturated heterocycles. The molecule has 7 nitrogen and oxygen atoms in total. The number of anilines is 2. The number of carbonyl (C=O) groups excluding carboxylic acids is 1. The number of hydrogen-bond acceptors (Lipinski definition) is 4. The van der Waals surface area contributed by atoms with Crippen LogP contribution in [-0.2, 0) is 17.9 Å². The van der Waals surface area contributed by atoms with Crippen LogP contribution in [0.4, 0.5) is 11.5 Å². The molecule has 0 aliphatic heterocycles. The van der Waals surface area contributed by atoms with Gasteiger partial charge in [-0.25, -0.2) is 4.79 Å². The van der Waals surface area contributed by atoms with Crippen LogP contribution < -0.4 is 22.3 Å². The smallest absolute Gasteiger partial charge is 0.332 e. The molecule has 0 aliphatic carbocycles. The number of carbonyl (C=O) groups is 1. The normalized spacial score (nSPS) is 10.7. The van der Waals surface area contributed by atoms with Gasteiger partial charge in [0.05, 0.1) is 0 Å². The highest BCUT2D eigenvalue weighted by Crippen LogP contribution is 2.12. The van der Waals surface area contributed by atoms with Crippen LogP contribution >= 0.6 is 11.6 Å². The van der Waals surface area contributed by atoms with Crippen molar-refractivity contribution < 1.29 is 4.79 Å². The van der Waals surface area contributed by atoms with E-state index in [2.05, 4.69) is 5.32 Å². The molecule has 1 aromatic rings. The number of aromatic nitrogens is 2. The average Bonchev–Trinajstić information content (AvgIpc) is 2.50. The van der Waals surface area contributed by atoms with Crippen LogP contribution in [0.2, 0.25) is 0 Å². The summed E-state index contributed by atoms with van der Waals surface area (Å²) in [6, 6.07) is 0. The average molecular weight is 331 g/mol. The van der Waals surface area contributed by atoms with E-state index in [1.54, 1.807) is 0 Å². The Balaban J connectivity index is 3.33. The maximum Gasteiger partial charge on any atom is 0.332 e. The molecular formula is C14H23ClN4O3. The largest absolute Gasteiger partial charge is 0.383 e. The molecule has 1 heterocycles. The van der Waals surface area contributed by atoms with Crippen LogP contribution in [0.25, 0.3) is 0 Å². The van der Waals surface area contributed by atoms with Crippen LogP contribution in [0.3, 0.4) is 0 Å². The third-order valence-corrected chi connectivity index (χ3v) is 3.43. The van der Waals surface area contributed by atoms with Crippen molar-refractivity contribution in [1.29, 1.82) is 0 Å². The van der Waals surface area contributed by atoms with Gasteiger partial charge in [0.1, 0.15) is 11.5 Å². The van der Waals surface area contributed by atoms with E-state index in [1.807, 2.05) is 13.8 Å². The highest BCUT2D eigenvalue weighted by molar-refractivity contribution is 6.18. The second-order valence-electron chi connectivity index (χ2n) is 4.99. The summed E-state index contributed by atoms with van der Waals surface area (Å²) in [6.45, 7) is 4.44. The zero-order chi connectivity index (χ0) is 16.7. The van der Waals surface area contributed by atoms with E-state index >= 15 is 0 Å². The Morgan fingerprint density at radius 1 is 1.18 bits per heavy atom. The van der Waals surface area contributed by atoms with Crippen LogP contribution in [-0.4, -0.2) is 20.9 Å². The number of nitrogen functional groups attached to an aromatic ring is 1. The first-order valence-corrected chi connectivity index (χ1v) is 8.00. The number of halogens is 1. The Morgan fingerprint density at radius 2 is 1.77 bits per heavy atom. The van der Waals surface area contributed by atoms with Crippen molar-refractivity contribution in [3.63, 3.8) is 0 Å². The summed E-state index contributed by atoms with van der Waals surface area (Å²) in [7, 11) is 0. The molecule has 0 saturated carbocycles. The summed E-state index contributed by atoms with van der Waals surface area (Å²) in [6.07, 6.45) is 2.02. The van der Waals surface area contributed by atoms with Crippen molar-refractivity contribution in [2.45, 2.75) is 52.6 Å². The van der Waals surface area contributed by atoms with Gasteiger partial charge in [0, 0.05) is 25.4 Å². The minimum Gasteiger partial charge on any atom is -0.383 e. The minimum absolute atomic E-state index is 0.00317. The topological polar surface area (TPSA) is 99.1 Å². The van der Waals surface area contributed by atoms with E-state index in [0.717, 1.165) is 4.57 Å². The Kier molecular flexibility index (Phi) is 7.17. The van der Waals surface area contributed by atoms with Gasteiger partial charge in [-0.3, -0.25) is 18.7 Å². The van der Waals surface area contributed by atoms with Gasteiger partial charge in [-0.15, -0.1) is 11.6 Å². The number of amides is 1. The highest BCUT2D eigenvalue weighted by atomic mass is 35.5. The number of nitrogens with one attached hydrogen (secondary N) is 1. The molecule has 0 bridgehead atoms. The third-order valence-electron chi connectivity index (χ3n) is 3.16. The summed E-state index contributed by atoms with van der Waals surface area (Å²) >= 11 is 5.55. The number of nitrogens with zero attached hydrogens (tertiary/aromatic N) is 2. The van der Waals surface area contributed by atoms with E-state index in [1.165, 1.54) is 4.57 Å². The first-order chi connectivity index (χ1) is 10.5. The van der Waals surface area contributed by atoms with Crippen molar-refractivity contribution in [2.24, 2.45) is 0 Å². The maximum absolute atomic E-state index is 12.4. The lowest BCUT2D eigenvalue weighted by Crippen LogP contribution is -2.42. The quantitative estimate of drug-likeness (QED) is 0.703. The molecule has 0 fully saturated rings. The lowest BCUT2D eigenvalue weighted by atomic mass is 10.3. The van der Waals surface area contributed by atoms with E-state index in [-0.39, 0.29) is 30.4 Å². The summed E-state index contributed by atoms with van der Waals surface area (Å²) in [5.74, 6) is 0.0239. The van der Waals surface area contributed by atoms with Gasteiger partial charge in [-0.1, -0.05) is 13.8 Å². The SMILES string of the molecule is CCCn1c(N)c(NC(=O)CCCCl)c(=O)n(CCC)c1=O. The third kappa shape index (κ3) is 4.13. The van der Waals surface area contributed by atoms with Crippen LogP contribution in [0.15, 0.2) is 9.59 Å². The molecule has 0 radical (unpaired) electrons. The summed E-state index contributed by atoms with van der Waals surface area (Å²) in [5, 5.41) is 2.52. The first-order valence-electron chi connectivity index (χ1n) is 7.46. The van der Waals surface area contributed by atoms with Crippen molar-refractivity contribution in [2.75, 3.05) is 16.9 Å². The first kappa shape index (κ1) is 18.3.